The molecule has 0 unspecified atom stereocenters. The van der Waals surface area contributed by atoms with Crippen LogP contribution in [-0.4, -0.2) is 33.5 Å². The third-order valence-corrected chi connectivity index (χ3v) is 5.19. The maximum atomic E-state index is 5.49. The van der Waals surface area contributed by atoms with Gasteiger partial charge < -0.3 is 9.47 Å². The molecule has 0 bridgehead atoms. The van der Waals surface area contributed by atoms with Crippen LogP contribution in [-0.2, 0) is 9.47 Å². The Morgan fingerprint density at radius 1 is 0.810 bits per heavy atom. The summed E-state index contributed by atoms with van der Waals surface area (Å²) < 4.78 is 12.3. The molecule has 0 N–H and O–H groups in total. The Hall–Kier alpha value is 0.480. The Bertz CT molecular complexity index is 265. The monoisotopic (exact) mass is 368 g/mol. The van der Waals surface area contributed by atoms with Crippen LogP contribution in [0.25, 0.3) is 0 Å². The SMILES string of the molecule is CC(C)CCOC(=S)SCCCSC(=S)OCCC(C)C. The molecule has 0 saturated carbocycles. The van der Waals surface area contributed by atoms with E-state index in [0.29, 0.717) is 20.6 Å². The van der Waals surface area contributed by atoms with E-state index in [2.05, 4.69) is 27.7 Å². The van der Waals surface area contributed by atoms with Gasteiger partial charge in [-0.2, -0.15) is 0 Å². The Balaban J connectivity index is 3.38. The molecule has 0 fully saturated rings. The van der Waals surface area contributed by atoms with Gasteiger partial charge in [0.25, 0.3) is 0 Å². The van der Waals surface area contributed by atoms with Crippen molar-refractivity contribution in [2.24, 2.45) is 11.8 Å². The predicted octanol–water partition coefficient (Wildman–Crippen LogP) is 5.54. The van der Waals surface area contributed by atoms with Gasteiger partial charge in [-0.1, -0.05) is 51.2 Å². The fourth-order valence-corrected chi connectivity index (χ4v) is 3.30. The summed E-state index contributed by atoms with van der Waals surface area (Å²) in [5.74, 6) is 3.27. The van der Waals surface area contributed by atoms with E-state index in [1.165, 1.54) is 0 Å². The third kappa shape index (κ3) is 16.7. The van der Waals surface area contributed by atoms with Crippen molar-refractivity contribution in [1.29, 1.82) is 0 Å². The van der Waals surface area contributed by atoms with Crippen LogP contribution in [0.4, 0.5) is 0 Å². The molecule has 0 saturated heterocycles. The van der Waals surface area contributed by atoms with Crippen molar-refractivity contribution in [3.8, 4) is 0 Å². The van der Waals surface area contributed by atoms with E-state index in [4.69, 9.17) is 33.9 Å². The Kier molecular flexibility index (Phi) is 14.4. The van der Waals surface area contributed by atoms with E-state index in [9.17, 15) is 0 Å². The predicted molar refractivity (Wildman–Crippen MR) is 106 cm³/mol. The quantitative estimate of drug-likeness (QED) is 0.370. The largest absolute Gasteiger partial charge is 0.479 e. The van der Waals surface area contributed by atoms with E-state index in [0.717, 1.165) is 44.0 Å². The number of thiocarbonyl (C=S) groups is 2. The van der Waals surface area contributed by atoms with Gasteiger partial charge in [0.05, 0.1) is 13.2 Å². The molecule has 21 heavy (non-hydrogen) atoms. The van der Waals surface area contributed by atoms with Gasteiger partial charge >= 0.3 is 0 Å². The molecule has 124 valence electrons. The van der Waals surface area contributed by atoms with Crippen LogP contribution >= 0.6 is 48.0 Å². The summed E-state index contributed by atoms with van der Waals surface area (Å²) in [4.78, 5) is 0. The zero-order valence-electron chi connectivity index (χ0n) is 13.6. The number of hydrogen-bond acceptors (Lipinski definition) is 6. The highest BCUT2D eigenvalue weighted by atomic mass is 32.2. The van der Waals surface area contributed by atoms with Gasteiger partial charge in [0.1, 0.15) is 0 Å². The zero-order chi connectivity index (χ0) is 16.1. The number of ether oxygens (including phenoxy) is 2. The van der Waals surface area contributed by atoms with E-state index >= 15 is 0 Å². The van der Waals surface area contributed by atoms with Crippen LogP contribution in [0.1, 0.15) is 47.0 Å². The smallest absolute Gasteiger partial charge is 0.219 e. The highest BCUT2D eigenvalue weighted by molar-refractivity contribution is 8.23. The first-order chi connectivity index (χ1) is 9.91. The molecule has 0 spiro atoms. The minimum absolute atomic E-state index is 0.658. The standard InChI is InChI=1S/C15H28O2S4/c1-12(2)6-8-16-14(18)20-10-5-11-21-15(19)17-9-7-13(3)4/h12-13H,5-11H2,1-4H3. The van der Waals surface area contributed by atoms with E-state index < -0.39 is 0 Å². The molecule has 0 radical (unpaired) electrons. The minimum atomic E-state index is 0.658. The molecular formula is C15H28O2S4. The van der Waals surface area contributed by atoms with Gasteiger partial charge in [-0.15, -0.1) is 0 Å². The van der Waals surface area contributed by atoms with Crippen molar-refractivity contribution < 1.29 is 9.47 Å². The van der Waals surface area contributed by atoms with E-state index in [-0.39, 0.29) is 0 Å². The number of thioether (sulfide) groups is 2. The number of rotatable bonds is 10. The lowest BCUT2D eigenvalue weighted by Gasteiger charge is -2.09. The van der Waals surface area contributed by atoms with Crippen molar-refractivity contribution in [2.45, 2.75) is 47.0 Å². The van der Waals surface area contributed by atoms with Gasteiger partial charge in [0.2, 0.25) is 8.77 Å². The third-order valence-electron chi connectivity index (χ3n) is 2.56. The first-order valence-electron chi connectivity index (χ1n) is 7.51. The lowest BCUT2D eigenvalue weighted by Crippen LogP contribution is -2.04. The average Bonchev–Trinajstić information content (AvgIpc) is 2.37. The molecule has 0 aromatic carbocycles. The maximum Gasteiger partial charge on any atom is 0.219 e. The Morgan fingerprint density at radius 3 is 1.52 bits per heavy atom. The van der Waals surface area contributed by atoms with Gasteiger partial charge in [-0.25, -0.2) is 0 Å². The Morgan fingerprint density at radius 2 is 1.19 bits per heavy atom. The summed E-state index contributed by atoms with van der Waals surface area (Å²) >= 11 is 13.6. The second-order valence-corrected chi connectivity index (χ2v) is 9.01. The molecule has 0 atom stereocenters. The fourth-order valence-electron chi connectivity index (χ4n) is 1.21. The van der Waals surface area contributed by atoms with Crippen LogP contribution in [0.5, 0.6) is 0 Å². The normalized spacial score (nSPS) is 11.0. The highest BCUT2D eigenvalue weighted by Crippen LogP contribution is 2.14. The van der Waals surface area contributed by atoms with Crippen molar-refractivity contribution >= 4 is 56.7 Å². The molecule has 6 heteroatoms. The molecule has 0 aliphatic rings. The molecule has 0 aliphatic heterocycles. The fraction of sp³-hybridized carbons (Fsp3) is 0.867. The Labute approximate surface area is 149 Å². The topological polar surface area (TPSA) is 18.5 Å². The van der Waals surface area contributed by atoms with Gasteiger partial charge in [0.15, 0.2) is 0 Å². The lowest BCUT2D eigenvalue weighted by molar-refractivity contribution is 0.292. The van der Waals surface area contributed by atoms with Crippen molar-refractivity contribution in [1.82, 2.24) is 0 Å². The molecule has 0 aromatic heterocycles. The molecule has 0 aromatic rings. The van der Waals surface area contributed by atoms with Crippen molar-refractivity contribution in [2.75, 3.05) is 24.7 Å². The van der Waals surface area contributed by atoms with Crippen LogP contribution in [0.2, 0.25) is 0 Å². The minimum Gasteiger partial charge on any atom is -0.479 e. The second-order valence-electron chi connectivity index (χ2n) is 5.61. The molecule has 0 aliphatic carbocycles. The van der Waals surface area contributed by atoms with Gasteiger partial charge in [-0.05, 0) is 55.5 Å². The van der Waals surface area contributed by atoms with Crippen molar-refractivity contribution in [3.63, 3.8) is 0 Å². The molecule has 0 rings (SSSR count). The molecule has 0 amide bonds. The summed E-state index contributed by atoms with van der Waals surface area (Å²) in [6, 6.07) is 0. The number of hydrogen-bond donors (Lipinski definition) is 0. The second kappa shape index (κ2) is 14.1. The lowest BCUT2D eigenvalue weighted by atomic mass is 10.1. The molecule has 2 nitrogen and oxygen atoms in total. The summed E-state index contributed by atoms with van der Waals surface area (Å²) in [6.45, 7) is 10.2. The van der Waals surface area contributed by atoms with E-state index in [1.807, 2.05) is 0 Å². The summed E-state index contributed by atoms with van der Waals surface area (Å²) in [6.07, 6.45) is 3.16. The molecule has 0 heterocycles. The summed E-state index contributed by atoms with van der Waals surface area (Å²) in [5.41, 5.74) is 0. The van der Waals surface area contributed by atoms with E-state index in [1.54, 1.807) is 23.5 Å². The molecular weight excluding hydrogens is 340 g/mol. The van der Waals surface area contributed by atoms with Gasteiger partial charge in [-0.3, -0.25) is 0 Å². The first-order valence-corrected chi connectivity index (χ1v) is 10.3. The zero-order valence-corrected chi connectivity index (χ0v) is 16.8. The first kappa shape index (κ1) is 21.5. The summed E-state index contributed by atoms with van der Waals surface area (Å²) in [7, 11) is 0. The average molecular weight is 369 g/mol. The van der Waals surface area contributed by atoms with Crippen LogP contribution in [0.3, 0.4) is 0 Å². The van der Waals surface area contributed by atoms with Crippen molar-refractivity contribution in [3.05, 3.63) is 0 Å². The van der Waals surface area contributed by atoms with Crippen LogP contribution in [0.15, 0.2) is 0 Å². The van der Waals surface area contributed by atoms with Crippen LogP contribution < -0.4 is 0 Å². The maximum absolute atomic E-state index is 5.49. The highest BCUT2D eigenvalue weighted by Gasteiger charge is 2.03. The van der Waals surface area contributed by atoms with Gasteiger partial charge in [0, 0.05) is 11.5 Å². The summed E-state index contributed by atoms with van der Waals surface area (Å²) in [5, 5.41) is 0. The van der Waals surface area contributed by atoms with Crippen LogP contribution in [0, 0.1) is 11.8 Å².